The molecule has 1 amide bonds. The van der Waals surface area contributed by atoms with Gasteiger partial charge in [0, 0.05) is 24.2 Å². The molecule has 126 valence electrons. The van der Waals surface area contributed by atoms with Crippen LogP contribution in [0, 0.1) is 10.1 Å². The normalized spacial score (nSPS) is 10.4. The van der Waals surface area contributed by atoms with Crippen LogP contribution in [-0.2, 0) is 13.1 Å². The third-order valence-electron chi connectivity index (χ3n) is 3.70. The van der Waals surface area contributed by atoms with Crippen molar-refractivity contribution < 1.29 is 9.72 Å². The molecule has 0 fully saturated rings. The number of amides is 1. The fraction of sp³-hybridized carbons (Fsp3) is 0.118. The van der Waals surface area contributed by atoms with Crippen LogP contribution in [0.1, 0.15) is 21.5 Å². The van der Waals surface area contributed by atoms with Gasteiger partial charge in [-0.3, -0.25) is 14.9 Å². The van der Waals surface area contributed by atoms with Crippen molar-refractivity contribution in [2.45, 2.75) is 13.1 Å². The Hall–Kier alpha value is -3.55. The summed E-state index contributed by atoms with van der Waals surface area (Å²) in [6, 6.07) is 13.2. The van der Waals surface area contributed by atoms with Gasteiger partial charge < -0.3 is 5.32 Å². The first kappa shape index (κ1) is 16.3. The second-order valence-electron chi connectivity index (χ2n) is 5.35. The zero-order valence-corrected chi connectivity index (χ0v) is 13.2. The number of aromatic nitrogens is 3. The van der Waals surface area contributed by atoms with E-state index in [2.05, 4.69) is 15.4 Å². The first-order valence-electron chi connectivity index (χ1n) is 7.55. The number of nitro benzene ring substituents is 1. The van der Waals surface area contributed by atoms with Crippen molar-refractivity contribution in [3.8, 4) is 0 Å². The Labute approximate surface area is 143 Å². The van der Waals surface area contributed by atoms with Crippen LogP contribution in [0.3, 0.4) is 0 Å². The number of hydrogen-bond donors (Lipinski definition) is 1. The molecule has 1 N–H and O–H groups in total. The number of carbonyl (C=O) groups excluding carboxylic acids is 1. The lowest BCUT2D eigenvalue weighted by molar-refractivity contribution is -0.384. The van der Waals surface area contributed by atoms with E-state index in [0.717, 1.165) is 11.1 Å². The van der Waals surface area contributed by atoms with Gasteiger partial charge in [-0.1, -0.05) is 24.3 Å². The van der Waals surface area contributed by atoms with Gasteiger partial charge in [-0.25, -0.2) is 9.67 Å². The lowest BCUT2D eigenvalue weighted by atomic mass is 10.1. The van der Waals surface area contributed by atoms with Crippen LogP contribution in [0.25, 0.3) is 0 Å². The van der Waals surface area contributed by atoms with Gasteiger partial charge >= 0.3 is 0 Å². The molecule has 0 aliphatic rings. The van der Waals surface area contributed by atoms with Gasteiger partial charge in [0.25, 0.3) is 11.6 Å². The van der Waals surface area contributed by atoms with Gasteiger partial charge in [-0.05, 0) is 23.3 Å². The van der Waals surface area contributed by atoms with E-state index in [1.807, 2.05) is 24.3 Å². The van der Waals surface area contributed by atoms with Crippen molar-refractivity contribution in [3.63, 3.8) is 0 Å². The molecule has 0 atom stereocenters. The van der Waals surface area contributed by atoms with Crippen LogP contribution in [0.5, 0.6) is 0 Å². The zero-order valence-electron chi connectivity index (χ0n) is 13.2. The van der Waals surface area contributed by atoms with Crippen molar-refractivity contribution in [3.05, 3.63) is 88.0 Å². The average molecular weight is 337 g/mol. The number of nitrogens with zero attached hydrogens (tertiary/aromatic N) is 4. The molecule has 3 aromatic rings. The van der Waals surface area contributed by atoms with E-state index >= 15 is 0 Å². The zero-order chi connectivity index (χ0) is 17.6. The minimum atomic E-state index is -0.498. The Kier molecular flexibility index (Phi) is 4.79. The summed E-state index contributed by atoms with van der Waals surface area (Å²) in [4.78, 5) is 26.3. The lowest BCUT2D eigenvalue weighted by Gasteiger charge is -2.11. The van der Waals surface area contributed by atoms with Gasteiger partial charge in [0.15, 0.2) is 0 Å². The number of non-ortho nitro benzene ring substituents is 1. The summed E-state index contributed by atoms with van der Waals surface area (Å²) in [5, 5.41) is 17.6. The number of nitrogens with one attached hydrogen (secondary N) is 1. The van der Waals surface area contributed by atoms with Gasteiger partial charge in [0.05, 0.1) is 11.5 Å². The lowest BCUT2D eigenvalue weighted by Crippen LogP contribution is -2.23. The molecule has 1 heterocycles. The van der Waals surface area contributed by atoms with E-state index in [0.29, 0.717) is 18.7 Å². The molecule has 8 nitrogen and oxygen atoms in total. The molecular formula is C17H15N5O3. The summed E-state index contributed by atoms with van der Waals surface area (Å²) < 4.78 is 1.71. The number of carbonyl (C=O) groups is 1. The van der Waals surface area contributed by atoms with Crippen LogP contribution in [0.2, 0.25) is 0 Å². The highest BCUT2D eigenvalue weighted by molar-refractivity contribution is 5.94. The molecular weight excluding hydrogens is 322 g/mol. The minimum Gasteiger partial charge on any atom is -0.348 e. The van der Waals surface area contributed by atoms with E-state index in [4.69, 9.17) is 0 Å². The molecule has 0 spiro atoms. The Balaban J connectivity index is 1.67. The molecule has 3 rings (SSSR count). The summed E-state index contributed by atoms with van der Waals surface area (Å²) in [5.74, 6) is -0.287. The second-order valence-corrected chi connectivity index (χ2v) is 5.35. The average Bonchev–Trinajstić information content (AvgIpc) is 3.14. The molecule has 8 heteroatoms. The summed E-state index contributed by atoms with van der Waals surface area (Å²) in [5.41, 5.74) is 2.32. The fourth-order valence-electron chi connectivity index (χ4n) is 2.39. The molecule has 25 heavy (non-hydrogen) atoms. The maximum atomic E-state index is 12.2. The molecule has 0 saturated heterocycles. The molecule has 0 radical (unpaired) electrons. The summed E-state index contributed by atoms with van der Waals surface area (Å²) >= 11 is 0. The maximum Gasteiger partial charge on any atom is 0.269 e. The number of rotatable bonds is 6. The van der Waals surface area contributed by atoms with Crippen LogP contribution < -0.4 is 5.32 Å². The fourth-order valence-corrected chi connectivity index (χ4v) is 2.39. The molecule has 0 unspecified atom stereocenters. The van der Waals surface area contributed by atoms with Crippen molar-refractivity contribution in [2.75, 3.05) is 0 Å². The molecule has 0 bridgehead atoms. The Morgan fingerprint density at radius 1 is 1.12 bits per heavy atom. The van der Waals surface area contributed by atoms with Crippen LogP contribution in [-0.4, -0.2) is 25.6 Å². The van der Waals surface area contributed by atoms with E-state index in [1.54, 1.807) is 11.0 Å². The number of benzene rings is 2. The van der Waals surface area contributed by atoms with Crippen molar-refractivity contribution in [1.82, 2.24) is 20.1 Å². The first-order chi connectivity index (χ1) is 12.1. The van der Waals surface area contributed by atoms with Crippen LogP contribution >= 0.6 is 0 Å². The number of nitro groups is 1. The van der Waals surface area contributed by atoms with Crippen LogP contribution in [0.4, 0.5) is 5.69 Å². The largest absolute Gasteiger partial charge is 0.348 e. The van der Waals surface area contributed by atoms with Gasteiger partial charge in [-0.2, -0.15) is 5.10 Å². The van der Waals surface area contributed by atoms with E-state index in [1.165, 1.54) is 30.6 Å². The standard InChI is InChI=1S/C17H15N5O3/c23-17(13-5-7-16(8-6-13)22(24)25)19-9-14-3-1-2-4-15(14)10-21-12-18-11-20-21/h1-8,11-12H,9-10H2,(H,19,23). The summed E-state index contributed by atoms with van der Waals surface area (Å²) in [6.07, 6.45) is 3.10. The third kappa shape index (κ3) is 4.05. The van der Waals surface area contributed by atoms with Gasteiger partial charge in [-0.15, -0.1) is 0 Å². The predicted octanol–water partition coefficient (Wildman–Crippen LogP) is 2.16. The molecule has 0 saturated carbocycles. The summed E-state index contributed by atoms with van der Waals surface area (Å²) in [6.45, 7) is 0.907. The third-order valence-corrected chi connectivity index (χ3v) is 3.70. The highest BCUT2D eigenvalue weighted by Gasteiger charge is 2.10. The molecule has 0 aliphatic carbocycles. The number of hydrogen-bond acceptors (Lipinski definition) is 5. The van der Waals surface area contributed by atoms with Gasteiger partial charge in [0.2, 0.25) is 0 Å². The van der Waals surface area contributed by atoms with E-state index in [9.17, 15) is 14.9 Å². The quantitative estimate of drug-likeness (QED) is 0.548. The Bertz CT molecular complexity index is 876. The van der Waals surface area contributed by atoms with E-state index in [-0.39, 0.29) is 11.6 Å². The molecule has 0 aliphatic heterocycles. The van der Waals surface area contributed by atoms with Crippen molar-refractivity contribution in [2.24, 2.45) is 0 Å². The van der Waals surface area contributed by atoms with Crippen molar-refractivity contribution in [1.29, 1.82) is 0 Å². The first-order valence-corrected chi connectivity index (χ1v) is 7.55. The van der Waals surface area contributed by atoms with E-state index < -0.39 is 4.92 Å². The molecule has 1 aromatic heterocycles. The topological polar surface area (TPSA) is 103 Å². The Morgan fingerprint density at radius 2 is 1.84 bits per heavy atom. The van der Waals surface area contributed by atoms with Gasteiger partial charge in [0.1, 0.15) is 12.7 Å². The smallest absolute Gasteiger partial charge is 0.269 e. The molecule has 2 aromatic carbocycles. The van der Waals surface area contributed by atoms with Crippen molar-refractivity contribution >= 4 is 11.6 Å². The van der Waals surface area contributed by atoms with Crippen LogP contribution in [0.15, 0.2) is 61.2 Å². The highest BCUT2D eigenvalue weighted by Crippen LogP contribution is 2.13. The Morgan fingerprint density at radius 3 is 2.48 bits per heavy atom. The predicted molar refractivity (Wildman–Crippen MR) is 89.8 cm³/mol. The highest BCUT2D eigenvalue weighted by atomic mass is 16.6. The monoisotopic (exact) mass is 337 g/mol. The SMILES string of the molecule is O=C(NCc1ccccc1Cn1cncn1)c1ccc([N+](=O)[O-])cc1. The maximum absolute atomic E-state index is 12.2. The summed E-state index contributed by atoms with van der Waals surface area (Å²) in [7, 11) is 0. The second kappa shape index (κ2) is 7.35. The minimum absolute atomic E-state index is 0.0465.